The molecule has 0 bridgehead atoms. The van der Waals surface area contributed by atoms with E-state index < -0.39 is 12.3 Å². The first-order valence-corrected chi connectivity index (χ1v) is 4.04. The number of hydrogen-bond acceptors (Lipinski definition) is 5. The molecule has 0 aliphatic rings. The number of carboxylic acids is 1. The number of carboxylic acid groups (broad SMARTS) is 1. The van der Waals surface area contributed by atoms with Crippen LogP contribution in [0.2, 0.25) is 0 Å². The molecule has 0 fully saturated rings. The zero-order chi connectivity index (χ0) is 10.9. The van der Waals surface area contributed by atoms with Gasteiger partial charge in [0.1, 0.15) is 11.3 Å². The largest absolute Gasteiger partial charge is 0.478 e. The summed E-state index contributed by atoms with van der Waals surface area (Å²) in [6.45, 7) is 1.47. The van der Waals surface area contributed by atoms with E-state index in [1.165, 1.54) is 6.92 Å². The first-order valence-electron chi connectivity index (χ1n) is 3.63. The molecular weight excluding hydrogens is 208 g/mol. The summed E-state index contributed by atoms with van der Waals surface area (Å²) in [5.41, 5.74) is -0.382. The van der Waals surface area contributed by atoms with E-state index in [4.69, 9.17) is 15.3 Å². The summed E-state index contributed by atoms with van der Waals surface area (Å²) in [5.74, 6) is -1.29. The van der Waals surface area contributed by atoms with Crippen LogP contribution in [0.3, 0.4) is 0 Å². The highest BCUT2D eigenvalue weighted by Gasteiger charge is 2.19. The molecule has 0 saturated carbocycles. The third kappa shape index (κ3) is 1.95. The summed E-state index contributed by atoms with van der Waals surface area (Å²) in [7, 11) is 0. The predicted octanol–water partition coefficient (Wildman–Crippen LogP) is 0.129. The van der Waals surface area contributed by atoms with Gasteiger partial charge in [0.15, 0.2) is 11.1 Å². The molecule has 0 unspecified atom stereocenters. The number of H-pyrrole nitrogens is 1. The molecule has 0 atom stereocenters. The lowest BCUT2D eigenvalue weighted by molar-refractivity contribution is -0.0469. The van der Waals surface area contributed by atoms with Gasteiger partial charge in [-0.25, -0.2) is 9.78 Å². The van der Waals surface area contributed by atoms with E-state index in [-0.39, 0.29) is 21.7 Å². The van der Waals surface area contributed by atoms with Crippen molar-refractivity contribution in [1.29, 1.82) is 0 Å². The molecule has 1 aromatic rings. The van der Waals surface area contributed by atoms with Gasteiger partial charge in [-0.05, 0) is 19.1 Å². The minimum absolute atomic E-state index is 0.00981. The van der Waals surface area contributed by atoms with Crippen LogP contribution in [0.25, 0.3) is 0 Å². The molecule has 1 aromatic heterocycles. The summed E-state index contributed by atoms with van der Waals surface area (Å²) < 4.78 is 0.00981. The molecule has 1 heterocycles. The number of hydrogen-bond donors (Lipinski definition) is 4. The van der Waals surface area contributed by atoms with Gasteiger partial charge in [0.25, 0.3) is 0 Å². The molecule has 6 nitrogen and oxygen atoms in total. The van der Waals surface area contributed by atoms with Crippen molar-refractivity contribution >= 4 is 18.2 Å². The van der Waals surface area contributed by atoms with Gasteiger partial charge in [-0.1, -0.05) is 0 Å². The third-order valence-electron chi connectivity index (χ3n) is 1.61. The van der Waals surface area contributed by atoms with Crippen LogP contribution in [0.15, 0.2) is 0 Å². The maximum Gasteiger partial charge on any atom is 0.339 e. The molecule has 7 heteroatoms. The van der Waals surface area contributed by atoms with E-state index in [1.54, 1.807) is 0 Å². The maximum atomic E-state index is 10.7. The molecule has 0 amide bonds. The van der Waals surface area contributed by atoms with Gasteiger partial charge in [-0.15, -0.1) is 0 Å². The highest BCUT2D eigenvalue weighted by molar-refractivity contribution is 7.71. The fourth-order valence-corrected chi connectivity index (χ4v) is 1.32. The van der Waals surface area contributed by atoms with Crippen molar-refractivity contribution in [2.75, 3.05) is 0 Å². The van der Waals surface area contributed by atoms with Gasteiger partial charge in [-0.3, -0.25) is 0 Å². The highest BCUT2D eigenvalue weighted by Crippen LogP contribution is 2.15. The summed E-state index contributed by atoms with van der Waals surface area (Å²) in [4.78, 5) is 16.8. The zero-order valence-corrected chi connectivity index (χ0v) is 8.00. The Kier molecular flexibility index (Phi) is 2.94. The lowest BCUT2D eigenvalue weighted by Crippen LogP contribution is -2.13. The Morgan fingerprint density at radius 1 is 1.57 bits per heavy atom. The highest BCUT2D eigenvalue weighted by atomic mass is 32.1. The van der Waals surface area contributed by atoms with Crippen molar-refractivity contribution in [2.45, 2.75) is 13.2 Å². The van der Waals surface area contributed by atoms with Gasteiger partial charge in [0.2, 0.25) is 0 Å². The van der Waals surface area contributed by atoms with Crippen molar-refractivity contribution in [2.24, 2.45) is 0 Å². The molecule has 0 radical (unpaired) electrons. The molecule has 14 heavy (non-hydrogen) atoms. The van der Waals surface area contributed by atoms with Crippen molar-refractivity contribution < 1.29 is 20.1 Å². The van der Waals surface area contributed by atoms with Crippen molar-refractivity contribution in [3.8, 4) is 0 Å². The molecule has 0 spiro atoms. The molecule has 4 N–H and O–H groups in total. The lowest BCUT2D eigenvalue weighted by Gasteiger charge is -2.08. The Labute approximate surface area is 83.9 Å². The molecule has 1 rings (SSSR count). The fourth-order valence-electron chi connectivity index (χ4n) is 1.07. The Morgan fingerprint density at radius 2 is 2.14 bits per heavy atom. The second kappa shape index (κ2) is 3.82. The van der Waals surface area contributed by atoms with Crippen molar-refractivity contribution in [1.82, 2.24) is 9.97 Å². The normalized spacial score (nSPS) is 10.6. The Morgan fingerprint density at radius 3 is 2.57 bits per heavy atom. The Balaban J connectivity index is 3.52. The Bertz CT molecular complexity index is 426. The first-order chi connectivity index (χ1) is 6.43. The van der Waals surface area contributed by atoms with E-state index in [2.05, 4.69) is 22.2 Å². The van der Waals surface area contributed by atoms with Gasteiger partial charge < -0.3 is 20.3 Å². The van der Waals surface area contributed by atoms with E-state index in [0.29, 0.717) is 0 Å². The minimum atomic E-state index is -1.95. The summed E-state index contributed by atoms with van der Waals surface area (Å²) in [5, 5.41) is 26.5. The summed E-state index contributed by atoms with van der Waals surface area (Å²) >= 11 is 4.67. The Hall–Kier alpha value is -1.31. The maximum absolute atomic E-state index is 10.7. The predicted molar refractivity (Wildman–Crippen MR) is 48.3 cm³/mol. The average molecular weight is 216 g/mol. The van der Waals surface area contributed by atoms with Crippen LogP contribution in [0.1, 0.15) is 28.0 Å². The van der Waals surface area contributed by atoms with Crippen molar-refractivity contribution in [3.63, 3.8) is 0 Å². The second-order valence-corrected chi connectivity index (χ2v) is 2.99. The van der Waals surface area contributed by atoms with Crippen LogP contribution >= 0.6 is 12.2 Å². The molecule has 76 valence electrons. The standard InChI is InChI=1S/C7H8N2O4S/c1-2-3(5(10)11)4(6(12)13)9-7(14)8-2/h6,12-13H,1H3,(H,10,11)(H,8,9,14). The second-order valence-electron chi connectivity index (χ2n) is 2.61. The fraction of sp³-hybridized carbons (Fsp3) is 0.286. The average Bonchev–Trinajstić information content (AvgIpc) is 2.01. The van der Waals surface area contributed by atoms with Crippen molar-refractivity contribution in [3.05, 3.63) is 21.7 Å². The lowest BCUT2D eigenvalue weighted by atomic mass is 10.1. The topological polar surface area (TPSA) is 106 Å². The number of aromatic nitrogens is 2. The number of aromatic carboxylic acids is 1. The SMILES string of the molecule is Cc1[nH]c(=S)nc(C(O)O)c1C(=O)O. The number of aryl methyl sites for hydroxylation is 1. The van der Waals surface area contributed by atoms with E-state index in [9.17, 15) is 4.79 Å². The minimum Gasteiger partial charge on any atom is -0.478 e. The number of aliphatic hydroxyl groups is 2. The number of carbonyl (C=O) groups is 1. The zero-order valence-electron chi connectivity index (χ0n) is 7.18. The van der Waals surface area contributed by atoms with Gasteiger partial charge in [0.05, 0.1) is 0 Å². The van der Waals surface area contributed by atoms with Crippen LogP contribution in [0.5, 0.6) is 0 Å². The number of rotatable bonds is 2. The molecule has 0 aliphatic carbocycles. The molecule has 0 aromatic carbocycles. The van der Waals surface area contributed by atoms with Crippen LogP contribution in [0.4, 0.5) is 0 Å². The third-order valence-corrected chi connectivity index (χ3v) is 1.80. The van der Waals surface area contributed by atoms with E-state index in [1.807, 2.05) is 0 Å². The number of aliphatic hydroxyl groups excluding tert-OH is 1. The molecule has 0 aliphatic heterocycles. The van der Waals surface area contributed by atoms with Crippen LogP contribution in [-0.2, 0) is 0 Å². The van der Waals surface area contributed by atoms with Crippen LogP contribution < -0.4 is 0 Å². The number of aromatic amines is 1. The van der Waals surface area contributed by atoms with E-state index in [0.717, 1.165) is 0 Å². The van der Waals surface area contributed by atoms with Crippen LogP contribution in [0, 0.1) is 11.7 Å². The first kappa shape index (κ1) is 10.8. The van der Waals surface area contributed by atoms with E-state index >= 15 is 0 Å². The van der Waals surface area contributed by atoms with Crippen LogP contribution in [-0.4, -0.2) is 31.3 Å². The summed E-state index contributed by atoms with van der Waals surface area (Å²) in [6.07, 6.45) is -1.95. The molecule has 0 saturated heterocycles. The van der Waals surface area contributed by atoms with Gasteiger partial charge in [-0.2, -0.15) is 0 Å². The smallest absolute Gasteiger partial charge is 0.339 e. The summed E-state index contributed by atoms with van der Waals surface area (Å²) in [6, 6.07) is 0. The molecular formula is C7H8N2O4S. The number of nitrogens with one attached hydrogen (secondary N) is 1. The van der Waals surface area contributed by atoms with Gasteiger partial charge in [0, 0.05) is 5.69 Å². The quantitative estimate of drug-likeness (QED) is 0.413. The van der Waals surface area contributed by atoms with Gasteiger partial charge >= 0.3 is 5.97 Å². The monoisotopic (exact) mass is 216 g/mol. The number of nitrogens with zero attached hydrogens (tertiary/aromatic N) is 1.